The number of nitrogens with zero attached hydrogens (tertiary/aromatic N) is 2. The zero-order valence-electron chi connectivity index (χ0n) is 23.4. The third-order valence-corrected chi connectivity index (χ3v) is 8.65. The van der Waals surface area contributed by atoms with Gasteiger partial charge in [-0.3, -0.25) is 13.9 Å². The quantitative estimate of drug-likeness (QED) is 0.349. The van der Waals surface area contributed by atoms with Gasteiger partial charge in [0.05, 0.1) is 10.6 Å². The molecule has 0 fully saturated rings. The van der Waals surface area contributed by atoms with Crippen molar-refractivity contribution >= 4 is 27.5 Å². The van der Waals surface area contributed by atoms with E-state index < -0.39 is 28.5 Å². The predicted molar refractivity (Wildman–Crippen MR) is 156 cm³/mol. The number of aryl methyl sites for hydroxylation is 2. The van der Waals surface area contributed by atoms with Crippen molar-refractivity contribution in [1.29, 1.82) is 0 Å². The molecule has 0 aromatic heterocycles. The number of carbonyl (C=O) groups excluding carboxylic acids is 2. The summed E-state index contributed by atoms with van der Waals surface area (Å²) in [5, 5.41) is 2.95. The lowest BCUT2D eigenvalue weighted by atomic mass is 10.1. The van der Waals surface area contributed by atoms with Crippen molar-refractivity contribution in [2.24, 2.45) is 0 Å². The number of carbonyl (C=O) groups is 2. The van der Waals surface area contributed by atoms with Crippen molar-refractivity contribution in [3.8, 4) is 0 Å². The SMILES string of the molecule is CC[C@H](C)NC(=O)[C@@H](C)N(CCc1ccccc1)C(=O)CN(c1ccc(C)cc1)S(=O)(=O)c1ccc(C)cc1. The maximum absolute atomic E-state index is 13.9. The largest absolute Gasteiger partial charge is 0.352 e. The van der Waals surface area contributed by atoms with Crippen LogP contribution in [0.5, 0.6) is 0 Å². The average Bonchev–Trinajstić information content (AvgIpc) is 2.93. The van der Waals surface area contributed by atoms with Crippen molar-refractivity contribution in [3.63, 3.8) is 0 Å². The van der Waals surface area contributed by atoms with Crippen LogP contribution in [-0.4, -0.2) is 50.3 Å². The molecule has 0 saturated carbocycles. The van der Waals surface area contributed by atoms with Gasteiger partial charge in [0, 0.05) is 12.6 Å². The first-order valence-electron chi connectivity index (χ1n) is 13.3. The molecule has 3 aromatic rings. The Hall–Kier alpha value is -3.65. The van der Waals surface area contributed by atoms with Crippen molar-refractivity contribution in [2.45, 2.75) is 64.4 Å². The normalized spacial score (nSPS) is 12.8. The Morgan fingerprint density at radius 3 is 1.97 bits per heavy atom. The summed E-state index contributed by atoms with van der Waals surface area (Å²) in [7, 11) is -4.06. The first-order valence-corrected chi connectivity index (χ1v) is 14.8. The molecule has 2 amide bonds. The lowest BCUT2D eigenvalue weighted by Gasteiger charge is -2.32. The Labute approximate surface area is 232 Å². The standard InChI is InChI=1S/C31H39N3O4S/c1-6-25(4)32-31(36)26(5)33(21-20-27-10-8-7-9-11-27)30(35)22-34(28-16-12-23(2)13-17-28)39(37,38)29-18-14-24(3)15-19-29/h7-19,25-26H,6,20-22H2,1-5H3,(H,32,36)/t25-,26+/m0/s1. The fourth-order valence-electron chi connectivity index (χ4n) is 4.11. The minimum absolute atomic E-state index is 0.0444. The van der Waals surface area contributed by atoms with Gasteiger partial charge in [0.25, 0.3) is 10.0 Å². The molecule has 0 aliphatic carbocycles. The molecule has 1 N–H and O–H groups in total. The number of hydrogen-bond donors (Lipinski definition) is 1. The monoisotopic (exact) mass is 549 g/mol. The molecule has 0 unspecified atom stereocenters. The fraction of sp³-hybridized carbons (Fsp3) is 0.355. The van der Waals surface area contributed by atoms with Gasteiger partial charge >= 0.3 is 0 Å². The van der Waals surface area contributed by atoms with E-state index in [0.717, 1.165) is 27.4 Å². The zero-order chi connectivity index (χ0) is 28.6. The summed E-state index contributed by atoms with van der Waals surface area (Å²) in [6.07, 6.45) is 1.29. The van der Waals surface area contributed by atoms with Crippen LogP contribution in [0.15, 0.2) is 83.8 Å². The second-order valence-corrected chi connectivity index (χ2v) is 11.8. The topological polar surface area (TPSA) is 86.8 Å². The Balaban J connectivity index is 1.96. The molecule has 3 aromatic carbocycles. The molecule has 0 aliphatic rings. The van der Waals surface area contributed by atoms with Gasteiger partial charge in [-0.15, -0.1) is 0 Å². The van der Waals surface area contributed by atoms with Crippen molar-refractivity contribution < 1.29 is 18.0 Å². The molecule has 39 heavy (non-hydrogen) atoms. The predicted octanol–water partition coefficient (Wildman–Crippen LogP) is 4.87. The molecule has 0 radical (unpaired) electrons. The van der Waals surface area contributed by atoms with Crippen LogP contribution in [0.2, 0.25) is 0 Å². The number of anilines is 1. The van der Waals surface area contributed by atoms with E-state index >= 15 is 0 Å². The van der Waals surface area contributed by atoms with E-state index in [-0.39, 0.29) is 23.4 Å². The minimum Gasteiger partial charge on any atom is -0.352 e. The third-order valence-electron chi connectivity index (χ3n) is 6.86. The highest BCUT2D eigenvalue weighted by Gasteiger charge is 2.32. The average molecular weight is 550 g/mol. The van der Waals surface area contributed by atoms with E-state index in [1.165, 1.54) is 4.90 Å². The third kappa shape index (κ3) is 7.93. The van der Waals surface area contributed by atoms with Crippen LogP contribution < -0.4 is 9.62 Å². The molecule has 8 heteroatoms. The maximum atomic E-state index is 13.9. The Kier molecular flexibility index (Phi) is 10.3. The van der Waals surface area contributed by atoms with Crippen LogP contribution >= 0.6 is 0 Å². The summed E-state index contributed by atoms with van der Waals surface area (Å²) in [4.78, 5) is 28.5. The molecular formula is C31H39N3O4S. The number of amides is 2. The van der Waals surface area contributed by atoms with E-state index in [9.17, 15) is 18.0 Å². The van der Waals surface area contributed by atoms with E-state index in [0.29, 0.717) is 12.1 Å². The van der Waals surface area contributed by atoms with Gasteiger partial charge in [0.15, 0.2) is 0 Å². The van der Waals surface area contributed by atoms with Crippen LogP contribution in [0.1, 0.15) is 43.9 Å². The number of sulfonamides is 1. The van der Waals surface area contributed by atoms with Crippen molar-refractivity contribution in [2.75, 3.05) is 17.4 Å². The number of rotatable bonds is 12. The minimum atomic E-state index is -4.06. The number of nitrogens with one attached hydrogen (secondary N) is 1. The van der Waals surface area contributed by atoms with Crippen molar-refractivity contribution in [1.82, 2.24) is 10.2 Å². The molecule has 2 atom stereocenters. The van der Waals surface area contributed by atoms with Crippen LogP contribution in [0.4, 0.5) is 5.69 Å². The van der Waals surface area contributed by atoms with E-state index in [1.54, 1.807) is 43.3 Å². The van der Waals surface area contributed by atoms with Gasteiger partial charge in [0.2, 0.25) is 11.8 Å². The smallest absolute Gasteiger partial charge is 0.264 e. The Morgan fingerprint density at radius 1 is 0.846 bits per heavy atom. The van der Waals surface area contributed by atoms with Crippen LogP contribution in [0.3, 0.4) is 0 Å². The Bertz CT molecular complexity index is 1340. The molecule has 208 valence electrons. The first-order chi connectivity index (χ1) is 18.5. The molecule has 3 rings (SSSR count). The second-order valence-electron chi connectivity index (χ2n) is 9.98. The lowest BCUT2D eigenvalue weighted by molar-refractivity contribution is -0.139. The first kappa shape index (κ1) is 29.9. The molecule has 0 spiro atoms. The molecule has 0 aliphatic heterocycles. The summed E-state index contributed by atoms with van der Waals surface area (Å²) >= 11 is 0. The molecular weight excluding hydrogens is 510 g/mol. The van der Waals surface area contributed by atoms with Crippen molar-refractivity contribution in [3.05, 3.63) is 95.6 Å². The summed E-state index contributed by atoms with van der Waals surface area (Å²) in [5.41, 5.74) is 3.31. The molecule has 0 heterocycles. The highest BCUT2D eigenvalue weighted by Crippen LogP contribution is 2.25. The van der Waals surface area contributed by atoms with Gasteiger partial charge in [-0.05, 0) is 70.4 Å². The molecule has 7 nitrogen and oxygen atoms in total. The lowest BCUT2D eigenvalue weighted by Crippen LogP contribution is -2.53. The Morgan fingerprint density at radius 2 is 1.41 bits per heavy atom. The van der Waals surface area contributed by atoms with Gasteiger partial charge < -0.3 is 10.2 Å². The van der Waals surface area contributed by atoms with Crippen LogP contribution in [-0.2, 0) is 26.0 Å². The highest BCUT2D eigenvalue weighted by molar-refractivity contribution is 7.92. The zero-order valence-corrected chi connectivity index (χ0v) is 24.2. The summed E-state index contributed by atoms with van der Waals surface area (Å²) < 4.78 is 28.8. The van der Waals surface area contributed by atoms with Gasteiger partial charge in [-0.25, -0.2) is 8.42 Å². The maximum Gasteiger partial charge on any atom is 0.264 e. The molecule has 0 saturated heterocycles. The molecule has 0 bridgehead atoms. The number of benzene rings is 3. The number of hydrogen-bond acceptors (Lipinski definition) is 4. The fourth-order valence-corrected chi connectivity index (χ4v) is 5.53. The summed E-state index contributed by atoms with van der Waals surface area (Å²) in [5.74, 6) is -0.719. The van der Waals surface area contributed by atoms with E-state index in [1.807, 2.05) is 70.2 Å². The van der Waals surface area contributed by atoms with Crippen LogP contribution in [0, 0.1) is 13.8 Å². The highest BCUT2D eigenvalue weighted by atomic mass is 32.2. The van der Waals surface area contributed by atoms with E-state index in [4.69, 9.17) is 0 Å². The van der Waals surface area contributed by atoms with Gasteiger partial charge in [-0.2, -0.15) is 0 Å². The van der Waals surface area contributed by atoms with Gasteiger partial charge in [0.1, 0.15) is 12.6 Å². The summed E-state index contributed by atoms with van der Waals surface area (Å²) in [6.45, 7) is 9.20. The summed E-state index contributed by atoms with van der Waals surface area (Å²) in [6, 6.07) is 22.5. The van der Waals surface area contributed by atoms with Gasteiger partial charge in [-0.1, -0.05) is 72.6 Å². The van der Waals surface area contributed by atoms with E-state index in [2.05, 4.69) is 5.32 Å². The second kappa shape index (κ2) is 13.4. The van der Waals surface area contributed by atoms with Crippen LogP contribution in [0.25, 0.3) is 0 Å².